The summed E-state index contributed by atoms with van der Waals surface area (Å²) in [6, 6.07) is 2.11. The summed E-state index contributed by atoms with van der Waals surface area (Å²) in [5.41, 5.74) is 5.15. The second-order valence-corrected chi connectivity index (χ2v) is 5.66. The second kappa shape index (κ2) is 5.28. The number of nitrogens with zero attached hydrogens (tertiary/aromatic N) is 4. The molecule has 0 fully saturated rings. The fourth-order valence-electron chi connectivity index (χ4n) is 1.62. The highest BCUT2D eigenvalue weighted by Gasteiger charge is 2.24. The molecule has 0 amide bonds. The molecule has 0 unspecified atom stereocenters. The number of hydrogen-bond donors (Lipinski definition) is 2. The van der Waals surface area contributed by atoms with E-state index >= 15 is 0 Å². The van der Waals surface area contributed by atoms with E-state index in [2.05, 4.69) is 19.9 Å². The summed E-state index contributed by atoms with van der Waals surface area (Å²) in [6.45, 7) is 1.47. The Hall–Kier alpha value is -2.82. The molecule has 2 aromatic rings. The topological polar surface area (TPSA) is 154 Å². The van der Waals surface area contributed by atoms with Gasteiger partial charge in [-0.1, -0.05) is 0 Å². The minimum absolute atomic E-state index is 0.117. The zero-order valence-electron chi connectivity index (χ0n) is 10.7. The summed E-state index contributed by atoms with van der Waals surface area (Å²) >= 11 is 0. The third-order valence-electron chi connectivity index (χ3n) is 2.52. The van der Waals surface area contributed by atoms with Gasteiger partial charge in [0.05, 0.1) is 22.2 Å². The molecule has 0 aliphatic carbocycles. The number of anilines is 2. The van der Waals surface area contributed by atoms with Crippen LogP contribution in [0.4, 0.5) is 17.3 Å². The summed E-state index contributed by atoms with van der Waals surface area (Å²) in [6.07, 6.45) is 2.53. The van der Waals surface area contributed by atoms with Gasteiger partial charge in [-0.25, -0.2) is 18.1 Å². The van der Waals surface area contributed by atoms with E-state index in [1.807, 2.05) is 0 Å². The molecule has 1 aromatic carbocycles. The van der Waals surface area contributed by atoms with Gasteiger partial charge in [0.2, 0.25) is 0 Å². The van der Waals surface area contributed by atoms with Crippen LogP contribution < -0.4 is 10.5 Å². The Morgan fingerprint density at radius 3 is 2.62 bits per heavy atom. The highest BCUT2D eigenvalue weighted by molar-refractivity contribution is 7.92. The number of benzene rings is 1. The van der Waals surface area contributed by atoms with Gasteiger partial charge in [0.1, 0.15) is 5.69 Å². The van der Waals surface area contributed by atoms with Crippen LogP contribution in [0.2, 0.25) is 0 Å². The Morgan fingerprint density at radius 1 is 1.33 bits per heavy atom. The lowest BCUT2D eigenvalue weighted by atomic mass is 10.2. The monoisotopic (exact) mass is 310 g/mol. The fourth-order valence-corrected chi connectivity index (χ4v) is 2.81. The Bertz CT molecular complexity index is 793. The van der Waals surface area contributed by atoms with Crippen LogP contribution in [0.1, 0.15) is 5.56 Å². The van der Waals surface area contributed by atoms with Crippen molar-refractivity contribution in [1.82, 2.24) is 15.2 Å². The van der Waals surface area contributed by atoms with Crippen molar-refractivity contribution in [3.05, 3.63) is 40.2 Å². The molecule has 0 bridgehead atoms. The minimum atomic E-state index is -4.09. The first-order valence-corrected chi connectivity index (χ1v) is 7.00. The SMILES string of the molecule is Cc1cc(N)c([N+](=O)[O-])cc1S(=O)(=O)Nc1nccnn1. The lowest BCUT2D eigenvalue weighted by molar-refractivity contribution is -0.384. The minimum Gasteiger partial charge on any atom is -0.393 e. The molecule has 2 rings (SSSR count). The maximum absolute atomic E-state index is 12.2. The van der Waals surface area contributed by atoms with Crippen LogP contribution in [0, 0.1) is 17.0 Å². The molecule has 1 aromatic heterocycles. The van der Waals surface area contributed by atoms with Gasteiger partial charge in [-0.15, -0.1) is 5.10 Å². The van der Waals surface area contributed by atoms with Crippen molar-refractivity contribution in [2.45, 2.75) is 11.8 Å². The van der Waals surface area contributed by atoms with Gasteiger partial charge in [-0.05, 0) is 18.6 Å². The molecular weight excluding hydrogens is 300 g/mol. The van der Waals surface area contributed by atoms with Crippen LogP contribution in [0.3, 0.4) is 0 Å². The van der Waals surface area contributed by atoms with E-state index in [0.717, 1.165) is 6.07 Å². The molecule has 3 N–H and O–H groups in total. The number of sulfonamides is 1. The summed E-state index contributed by atoms with van der Waals surface area (Å²) in [5.74, 6) is -0.239. The van der Waals surface area contributed by atoms with Gasteiger partial charge in [-0.3, -0.25) is 10.1 Å². The number of aromatic nitrogens is 3. The van der Waals surface area contributed by atoms with Gasteiger partial charge in [0.15, 0.2) is 0 Å². The lowest BCUT2D eigenvalue weighted by Crippen LogP contribution is -2.17. The number of rotatable bonds is 4. The van der Waals surface area contributed by atoms with E-state index in [4.69, 9.17) is 5.73 Å². The summed E-state index contributed by atoms with van der Waals surface area (Å²) in [5, 5.41) is 17.8. The molecule has 0 aliphatic heterocycles. The number of nitro groups is 1. The zero-order valence-corrected chi connectivity index (χ0v) is 11.5. The summed E-state index contributed by atoms with van der Waals surface area (Å²) in [7, 11) is -4.09. The standard InChI is InChI=1S/C10H10N6O4S/c1-6-4-7(11)8(16(17)18)5-9(6)21(19,20)15-10-12-2-3-13-14-10/h2-5H,11H2,1H3,(H,12,14,15). The van der Waals surface area contributed by atoms with E-state index in [0.29, 0.717) is 0 Å². The normalized spacial score (nSPS) is 11.1. The molecule has 0 saturated carbocycles. The van der Waals surface area contributed by atoms with Crippen molar-refractivity contribution in [2.75, 3.05) is 10.5 Å². The summed E-state index contributed by atoms with van der Waals surface area (Å²) in [4.78, 5) is 13.5. The molecule has 0 saturated heterocycles. The quantitative estimate of drug-likeness (QED) is 0.469. The maximum atomic E-state index is 12.2. The van der Waals surface area contributed by atoms with E-state index in [1.165, 1.54) is 25.4 Å². The third kappa shape index (κ3) is 3.02. The van der Waals surface area contributed by atoms with E-state index in [1.54, 1.807) is 0 Å². The average Bonchev–Trinajstić information content (AvgIpc) is 2.38. The van der Waals surface area contributed by atoms with Crippen LogP contribution in [0.15, 0.2) is 29.4 Å². The average molecular weight is 310 g/mol. The van der Waals surface area contributed by atoms with Gasteiger partial charge in [0.25, 0.3) is 21.7 Å². The van der Waals surface area contributed by atoms with Crippen molar-refractivity contribution in [1.29, 1.82) is 0 Å². The predicted molar refractivity (Wildman–Crippen MR) is 72.9 cm³/mol. The number of nitrogens with two attached hydrogens (primary N) is 1. The second-order valence-electron chi connectivity index (χ2n) is 4.01. The summed E-state index contributed by atoms with van der Waals surface area (Å²) < 4.78 is 26.5. The van der Waals surface area contributed by atoms with Crippen molar-refractivity contribution < 1.29 is 13.3 Å². The smallest absolute Gasteiger partial charge is 0.293 e. The number of hydrogen-bond acceptors (Lipinski definition) is 8. The van der Waals surface area contributed by atoms with E-state index in [-0.39, 0.29) is 22.1 Å². The first-order valence-electron chi connectivity index (χ1n) is 5.52. The first-order chi connectivity index (χ1) is 9.81. The van der Waals surface area contributed by atoms with Crippen LogP contribution in [0.25, 0.3) is 0 Å². The van der Waals surface area contributed by atoms with Crippen molar-refractivity contribution in [3.63, 3.8) is 0 Å². The number of aryl methyl sites for hydroxylation is 1. The molecule has 1 heterocycles. The molecular formula is C10H10N6O4S. The van der Waals surface area contributed by atoms with Crippen LogP contribution in [-0.4, -0.2) is 28.5 Å². The highest BCUT2D eigenvalue weighted by atomic mass is 32.2. The Balaban J connectivity index is 2.50. The van der Waals surface area contributed by atoms with Crippen molar-refractivity contribution in [2.24, 2.45) is 0 Å². The molecule has 0 spiro atoms. The van der Waals surface area contributed by atoms with E-state index in [9.17, 15) is 18.5 Å². The van der Waals surface area contributed by atoms with E-state index < -0.39 is 20.6 Å². The van der Waals surface area contributed by atoms with Crippen molar-refractivity contribution >= 4 is 27.3 Å². The maximum Gasteiger partial charge on any atom is 0.293 e. The predicted octanol–water partition coefficient (Wildman–Crippen LogP) is 0.471. The molecule has 0 aliphatic rings. The largest absolute Gasteiger partial charge is 0.393 e. The lowest BCUT2D eigenvalue weighted by Gasteiger charge is -2.09. The van der Waals surface area contributed by atoms with Crippen LogP contribution in [0.5, 0.6) is 0 Å². The molecule has 0 atom stereocenters. The number of nitrogen functional groups attached to an aromatic ring is 1. The van der Waals surface area contributed by atoms with Gasteiger partial charge in [0, 0.05) is 6.07 Å². The van der Waals surface area contributed by atoms with Crippen LogP contribution >= 0.6 is 0 Å². The first kappa shape index (κ1) is 14.6. The van der Waals surface area contributed by atoms with Crippen LogP contribution in [-0.2, 0) is 10.0 Å². The van der Waals surface area contributed by atoms with Gasteiger partial charge < -0.3 is 5.73 Å². The number of nitro benzene ring substituents is 1. The van der Waals surface area contributed by atoms with Gasteiger partial charge >= 0.3 is 0 Å². The Kier molecular flexibility index (Phi) is 3.67. The molecule has 110 valence electrons. The Morgan fingerprint density at radius 2 is 2.05 bits per heavy atom. The third-order valence-corrected chi connectivity index (χ3v) is 3.99. The molecule has 11 heteroatoms. The molecule has 10 nitrogen and oxygen atoms in total. The Labute approximate surface area is 119 Å². The molecule has 0 radical (unpaired) electrons. The van der Waals surface area contributed by atoms with Gasteiger partial charge in [-0.2, -0.15) is 5.10 Å². The zero-order chi connectivity index (χ0) is 15.6. The molecule has 21 heavy (non-hydrogen) atoms. The van der Waals surface area contributed by atoms with Crippen molar-refractivity contribution in [3.8, 4) is 0 Å². The fraction of sp³-hybridized carbons (Fsp3) is 0.100. The highest BCUT2D eigenvalue weighted by Crippen LogP contribution is 2.28. The number of nitrogens with one attached hydrogen (secondary N) is 1.